The molecule has 0 bridgehead atoms. The van der Waals surface area contributed by atoms with Crippen LogP contribution in [0.3, 0.4) is 0 Å². The van der Waals surface area contributed by atoms with E-state index in [1.807, 2.05) is 30.3 Å². The van der Waals surface area contributed by atoms with Crippen molar-refractivity contribution in [1.29, 1.82) is 0 Å². The molecule has 0 aliphatic heterocycles. The van der Waals surface area contributed by atoms with Gasteiger partial charge in [-0.25, -0.2) is 0 Å². The molecule has 6 heteroatoms. The third kappa shape index (κ3) is 6.95. The molecule has 176 valence electrons. The van der Waals surface area contributed by atoms with Gasteiger partial charge in [0.25, 0.3) is 0 Å². The Morgan fingerprint density at radius 3 is 2.24 bits per heavy atom. The molecule has 0 aliphatic rings. The molecule has 3 aromatic carbocycles. The first kappa shape index (κ1) is 25.1. The van der Waals surface area contributed by atoms with E-state index in [2.05, 4.69) is 54.5 Å². The monoisotopic (exact) mass is 465 g/mol. The summed E-state index contributed by atoms with van der Waals surface area (Å²) in [5.74, 6) is -0.0148. The predicted molar refractivity (Wildman–Crippen MR) is 142 cm³/mol. The zero-order valence-corrected chi connectivity index (χ0v) is 20.2. The molecule has 2 amide bonds. The summed E-state index contributed by atoms with van der Waals surface area (Å²) in [7, 11) is 0. The lowest BCUT2D eigenvalue weighted by Gasteiger charge is -2.22. The zero-order chi connectivity index (χ0) is 23.6. The summed E-state index contributed by atoms with van der Waals surface area (Å²) < 4.78 is 0. The number of fused-ring (bicyclic) bond motifs is 2. The Hall–Kier alpha value is -2.57. The van der Waals surface area contributed by atoms with Crippen LogP contribution in [0.25, 0.3) is 21.5 Å². The van der Waals surface area contributed by atoms with Gasteiger partial charge in [0.15, 0.2) is 0 Å². The maximum Gasteiger partial charge on any atom is 0.246 e. The van der Waals surface area contributed by atoms with Crippen LogP contribution in [-0.4, -0.2) is 30.2 Å². The molecule has 0 unspecified atom stereocenters. The Kier molecular flexibility index (Phi) is 9.58. The molecule has 3 rings (SSSR count). The van der Waals surface area contributed by atoms with Crippen molar-refractivity contribution in [2.45, 2.75) is 51.5 Å². The second-order valence-electron chi connectivity index (χ2n) is 8.62. The smallest absolute Gasteiger partial charge is 0.246 e. The van der Waals surface area contributed by atoms with Crippen LogP contribution in [0, 0.1) is 5.92 Å². The standard InChI is InChI=1S/C27H35N3O2S/c1-2-3-8-22(18-33)26(31)30-25(11-6-7-14-28)27(32)29-24-13-12-21-15-19-9-4-5-10-20(19)16-23(21)17-24/h4-5,9-10,12-13,15-17,22,25,33H,2-3,6-8,11,14,18,28H2,1H3,(H,29,32)(H,30,31)/t22-,25-/m0/s1. The zero-order valence-electron chi connectivity index (χ0n) is 19.3. The van der Waals surface area contributed by atoms with E-state index in [0.717, 1.165) is 54.0 Å². The molecule has 0 radical (unpaired) electrons. The van der Waals surface area contributed by atoms with E-state index < -0.39 is 6.04 Å². The number of benzene rings is 3. The highest BCUT2D eigenvalue weighted by atomic mass is 32.1. The highest BCUT2D eigenvalue weighted by molar-refractivity contribution is 7.80. The molecule has 0 heterocycles. The molecular formula is C27H35N3O2S. The van der Waals surface area contributed by atoms with E-state index in [1.54, 1.807) is 0 Å². The van der Waals surface area contributed by atoms with Crippen LogP contribution in [-0.2, 0) is 9.59 Å². The van der Waals surface area contributed by atoms with Crippen molar-refractivity contribution in [1.82, 2.24) is 5.32 Å². The van der Waals surface area contributed by atoms with Crippen LogP contribution in [0.15, 0.2) is 54.6 Å². The van der Waals surface area contributed by atoms with E-state index >= 15 is 0 Å². The van der Waals surface area contributed by atoms with Gasteiger partial charge in [-0.2, -0.15) is 12.6 Å². The van der Waals surface area contributed by atoms with E-state index in [1.165, 1.54) is 5.39 Å². The molecule has 0 aromatic heterocycles. The first-order valence-electron chi connectivity index (χ1n) is 11.9. The molecule has 5 nitrogen and oxygen atoms in total. The van der Waals surface area contributed by atoms with Crippen molar-refractivity contribution < 1.29 is 9.59 Å². The summed E-state index contributed by atoms with van der Waals surface area (Å²) in [6.07, 6.45) is 4.92. The number of anilines is 1. The van der Waals surface area contributed by atoms with Crippen LogP contribution < -0.4 is 16.4 Å². The van der Waals surface area contributed by atoms with Crippen LogP contribution in [0.4, 0.5) is 5.69 Å². The summed E-state index contributed by atoms with van der Waals surface area (Å²) >= 11 is 4.35. The second kappa shape index (κ2) is 12.6. The van der Waals surface area contributed by atoms with Crippen LogP contribution in [0.1, 0.15) is 45.4 Å². The first-order valence-corrected chi connectivity index (χ1v) is 12.5. The number of nitrogens with one attached hydrogen (secondary N) is 2. The average Bonchev–Trinajstić information content (AvgIpc) is 2.82. The molecule has 33 heavy (non-hydrogen) atoms. The number of thiol groups is 1. The fraction of sp³-hybridized carbons (Fsp3) is 0.407. The van der Waals surface area contributed by atoms with Gasteiger partial charge in [-0.1, -0.05) is 50.1 Å². The van der Waals surface area contributed by atoms with Crippen molar-refractivity contribution in [2.24, 2.45) is 11.7 Å². The minimum Gasteiger partial charge on any atom is -0.344 e. The SMILES string of the molecule is CCCC[C@@H](CS)C(=O)N[C@@H](CCCCN)C(=O)Nc1ccc2cc3ccccc3cc2c1. The largest absolute Gasteiger partial charge is 0.344 e. The van der Waals surface area contributed by atoms with E-state index in [4.69, 9.17) is 5.73 Å². The quantitative estimate of drug-likeness (QED) is 0.167. The fourth-order valence-electron chi connectivity index (χ4n) is 4.05. The summed E-state index contributed by atoms with van der Waals surface area (Å²) in [5.41, 5.74) is 6.35. The van der Waals surface area contributed by atoms with Crippen molar-refractivity contribution in [3.63, 3.8) is 0 Å². The van der Waals surface area contributed by atoms with Gasteiger partial charge >= 0.3 is 0 Å². The van der Waals surface area contributed by atoms with E-state index in [0.29, 0.717) is 18.7 Å². The van der Waals surface area contributed by atoms with Gasteiger partial charge in [0.2, 0.25) is 11.8 Å². The predicted octanol–water partition coefficient (Wildman–Crippen LogP) is 5.28. The highest BCUT2D eigenvalue weighted by Crippen LogP contribution is 2.25. The van der Waals surface area contributed by atoms with Gasteiger partial charge in [-0.3, -0.25) is 9.59 Å². The lowest BCUT2D eigenvalue weighted by Crippen LogP contribution is -2.46. The molecule has 0 saturated carbocycles. The highest BCUT2D eigenvalue weighted by Gasteiger charge is 2.24. The second-order valence-corrected chi connectivity index (χ2v) is 8.98. The number of unbranched alkanes of at least 4 members (excludes halogenated alkanes) is 2. The average molecular weight is 466 g/mol. The molecule has 0 aliphatic carbocycles. The normalized spacial score (nSPS) is 13.1. The van der Waals surface area contributed by atoms with E-state index in [9.17, 15) is 9.59 Å². The third-order valence-corrected chi connectivity index (χ3v) is 6.49. The summed E-state index contributed by atoms with van der Waals surface area (Å²) in [5, 5.41) is 10.5. The molecule has 2 atom stereocenters. The number of amides is 2. The maximum absolute atomic E-state index is 13.1. The molecular weight excluding hydrogens is 430 g/mol. The summed E-state index contributed by atoms with van der Waals surface area (Å²) in [4.78, 5) is 26.0. The van der Waals surface area contributed by atoms with E-state index in [-0.39, 0.29) is 17.7 Å². The van der Waals surface area contributed by atoms with Crippen molar-refractivity contribution in [3.8, 4) is 0 Å². The van der Waals surface area contributed by atoms with Gasteiger partial charge in [-0.05, 0) is 78.0 Å². The Bertz CT molecular complexity index is 1090. The first-order chi connectivity index (χ1) is 16.0. The van der Waals surface area contributed by atoms with Crippen LogP contribution in [0.2, 0.25) is 0 Å². The molecule has 0 saturated heterocycles. The number of rotatable bonds is 12. The minimum absolute atomic E-state index is 0.101. The van der Waals surface area contributed by atoms with Gasteiger partial charge in [-0.15, -0.1) is 0 Å². The maximum atomic E-state index is 13.1. The Labute approximate surface area is 201 Å². The topological polar surface area (TPSA) is 84.2 Å². The Balaban J connectivity index is 1.75. The van der Waals surface area contributed by atoms with Crippen molar-refractivity contribution in [2.75, 3.05) is 17.6 Å². The minimum atomic E-state index is -0.597. The lowest BCUT2D eigenvalue weighted by atomic mass is 10.0. The molecule has 0 spiro atoms. The number of nitrogens with two attached hydrogens (primary N) is 1. The third-order valence-electron chi connectivity index (χ3n) is 6.05. The van der Waals surface area contributed by atoms with Crippen molar-refractivity contribution in [3.05, 3.63) is 54.6 Å². The Morgan fingerprint density at radius 2 is 1.58 bits per heavy atom. The van der Waals surface area contributed by atoms with Gasteiger partial charge in [0, 0.05) is 17.4 Å². The van der Waals surface area contributed by atoms with Crippen molar-refractivity contribution >= 4 is 51.7 Å². The number of carbonyl (C=O) groups is 2. The molecule has 3 aromatic rings. The van der Waals surface area contributed by atoms with Gasteiger partial charge < -0.3 is 16.4 Å². The molecule has 0 fully saturated rings. The van der Waals surface area contributed by atoms with Crippen LogP contribution in [0.5, 0.6) is 0 Å². The summed E-state index contributed by atoms with van der Waals surface area (Å²) in [6, 6.07) is 17.8. The number of carbonyl (C=O) groups excluding carboxylic acids is 2. The summed E-state index contributed by atoms with van der Waals surface area (Å²) in [6.45, 7) is 2.67. The van der Waals surface area contributed by atoms with Gasteiger partial charge in [0.05, 0.1) is 0 Å². The number of hydrogen-bond acceptors (Lipinski definition) is 4. The van der Waals surface area contributed by atoms with Gasteiger partial charge in [0.1, 0.15) is 6.04 Å². The number of hydrogen-bond donors (Lipinski definition) is 4. The lowest BCUT2D eigenvalue weighted by molar-refractivity contribution is -0.129. The molecule has 4 N–H and O–H groups in total. The Morgan fingerprint density at radius 1 is 0.879 bits per heavy atom. The fourth-order valence-corrected chi connectivity index (χ4v) is 4.40. The van der Waals surface area contributed by atoms with Crippen LogP contribution >= 0.6 is 12.6 Å².